The molecule has 0 unspecified atom stereocenters. The first-order chi connectivity index (χ1) is 23.9. The van der Waals surface area contributed by atoms with Gasteiger partial charge in [-0.2, -0.15) is 13.2 Å². The third kappa shape index (κ3) is 11.6. The number of imidazole rings is 1. The number of imide groups is 1. The van der Waals surface area contributed by atoms with Crippen molar-refractivity contribution in [2.45, 2.75) is 71.6 Å². The number of amides is 3. The molecule has 1 atom stereocenters. The third-order valence-corrected chi connectivity index (χ3v) is 7.92. The number of nitrogens with zero attached hydrogens (tertiary/aromatic N) is 4. The molecule has 0 fully saturated rings. The number of benzene rings is 2. The maximum absolute atomic E-state index is 14.9. The summed E-state index contributed by atoms with van der Waals surface area (Å²) in [5.41, 5.74) is 6.74. The topological polar surface area (TPSA) is 139 Å². The van der Waals surface area contributed by atoms with E-state index < -0.39 is 35.2 Å². The average molecular weight is 720 g/mol. The second-order valence-corrected chi connectivity index (χ2v) is 13.0. The van der Waals surface area contributed by atoms with Crippen LogP contribution in [0.2, 0.25) is 0 Å². The Labute approximate surface area is 292 Å². The lowest BCUT2D eigenvalue weighted by Gasteiger charge is -2.40. The Morgan fingerprint density at radius 2 is 1.57 bits per heavy atom. The van der Waals surface area contributed by atoms with Crippen molar-refractivity contribution in [2.75, 3.05) is 19.6 Å². The van der Waals surface area contributed by atoms with E-state index >= 15 is 0 Å². The Hall–Kier alpha value is -4.92. The normalized spacial score (nSPS) is 13.6. The maximum atomic E-state index is 14.9. The molecule has 276 valence electrons. The molecule has 0 bridgehead atoms. The molecule has 15 heteroatoms. The molecule has 0 radical (unpaired) electrons. The fraction of sp³-hybridized carbons (Fsp3) is 0.417. The van der Waals surface area contributed by atoms with Crippen molar-refractivity contribution in [1.82, 2.24) is 19.4 Å². The van der Waals surface area contributed by atoms with Crippen LogP contribution in [-0.4, -0.2) is 74.0 Å². The molecular formula is C36H42F5N5O5. The highest BCUT2D eigenvalue weighted by Gasteiger charge is 2.39. The number of alkyl halides is 3. The average Bonchev–Trinajstić information content (AvgIpc) is 3.61. The molecule has 0 aliphatic carbocycles. The van der Waals surface area contributed by atoms with Gasteiger partial charge in [-0.3, -0.25) is 19.3 Å². The molecule has 0 spiro atoms. The number of carbonyl (C=O) groups excluding carboxylic acids is 3. The van der Waals surface area contributed by atoms with Crippen molar-refractivity contribution >= 4 is 23.7 Å². The van der Waals surface area contributed by atoms with E-state index in [-0.39, 0.29) is 35.4 Å². The zero-order valence-corrected chi connectivity index (χ0v) is 28.6. The van der Waals surface area contributed by atoms with Gasteiger partial charge in [0.2, 0.25) is 5.91 Å². The molecule has 0 saturated heterocycles. The minimum atomic E-state index is -5.08. The number of aromatic nitrogens is 2. The van der Waals surface area contributed by atoms with Crippen LogP contribution in [0.15, 0.2) is 66.9 Å². The molecule has 0 saturated carbocycles. The molecular weight excluding hydrogens is 677 g/mol. The van der Waals surface area contributed by atoms with Crippen LogP contribution in [0.3, 0.4) is 0 Å². The Morgan fingerprint density at radius 3 is 2.14 bits per heavy atom. The second kappa shape index (κ2) is 17.8. The molecule has 10 nitrogen and oxygen atoms in total. The van der Waals surface area contributed by atoms with Gasteiger partial charge in [-0.25, -0.2) is 18.6 Å². The maximum Gasteiger partial charge on any atom is 0.490 e. The SMILES string of the molecule is CC(C)(C)[C@H](c1nc(-c2cc(F)ccc2F)cn1Cc1ccccc1)N(CCCN)C(=O)CCCCCN1C(=O)C=CC1=O.O=C(O)C(F)(F)F. The van der Waals surface area contributed by atoms with Crippen molar-refractivity contribution in [3.63, 3.8) is 0 Å². The third-order valence-electron chi connectivity index (χ3n) is 7.92. The van der Waals surface area contributed by atoms with Crippen LogP contribution in [0.25, 0.3) is 11.3 Å². The summed E-state index contributed by atoms with van der Waals surface area (Å²) in [6.07, 6.45) is 1.86. The van der Waals surface area contributed by atoms with Crippen LogP contribution in [0.5, 0.6) is 0 Å². The Kier molecular flexibility index (Phi) is 14.2. The van der Waals surface area contributed by atoms with E-state index in [9.17, 15) is 36.3 Å². The first-order valence-electron chi connectivity index (χ1n) is 16.3. The largest absolute Gasteiger partial charge is 0.490 e. The van der Waals surface area contributed by atoms with Gasteiger partial charge in [-0.15, -0.1) is 0 Å². The highest BCUT2D eigenvalue weighted by atomic mass is 19.4. The summed E-state index contributed by atoms with van der Waals surface area (Å²) in [5.74, 6) is -4.02. The van der Waals surface area contributed by atoms with E-state index in [1.54, 1.807) is 6.20 Å². The van der Waals surface area contributed by atoms with Crippen molar-refractivity contribution in [3.05, 3.63) is 89.9 Å². The van der Waals surface area contributed by atoms with Crippen LogP contribution in [0, 0.1) is 17.0 Å². The van der Waals surface area contributed by atoms with Gasteiger partial charge in [0.25, 0.3) is 11.8 Å². The highest BCUT2D eigenvalue weighted by molar-refractivity contribution is 6.12. The molecule has 1 aliphatic heterocycles. The predicted octanol–water partition coefficient (Wildman–Crippen LogP) is 6.26. The first kappa shape index (κ1) is 40.5. The summed E-state index contributed by atoms with van der Waals surface area (Å²) < 4.78 is 62.8. The van der Waals surface area contributed by atoms with Crippen LogP contribution in [-0.2, 0) is 25.7 Å². The summed E-state index contributed by atoms with van der Waals surface area (Å²) >= 11 is 0. The van der Waals surface area contributed by atoms with Gasteiger partial charge in [-0.05, 0) is 55.0 Å². The van der Waals surface area contributed by atoms with Gasteiger partial charge in [0.1, 0.15) is 17.5 Å². The number of halogens is 5. The fourth-order valence-electron chi connectivity index (χ4n) is 5.55. The minimum absolute atomic E-state index is 0.0516. The molecule has 3 aromatic rings. The zero-order valence-electron chi connectivity index (χ0n) is 28.6. The van der Waals surface area contributed by atoms with Crippen molar-refractivity contribution in [1.29, 1.82) is 0 Å². The lowest BCUT2D eigenvalue weighted by Crippen LogP contribution is -2.43. The van der Waals surface area contributed by atoms with E-state index in [0.717, 1.165) is 23.8 Å². The molecule has 51 heavy (non-hydrogen) atoms. The Bertz CT molecular complexity index is 1680. The summed E-state index contributed by atoms with van der Waals surface area (Å²) in [5, 5.41) is 7.12. The summed E-state index contributed by atoms with van der Waals surface area (Å²) in [6, 6.07) is 12.6. The fourth-order valence-corrected chi connectivity index (χ4v) is 5.55. The van der Waals surface area contributed by atoms with Gasteiger partial charge < -0.3 is 20.3 Å². The predicted molar refractivity (Wildman–Crippen MR) is 179 cm³/mol. The zero-order chi connectivity index (χ0) is 37.9. The number of rotatable bonds is 14. The van der Waals surface area contributed by atoms with Gasteiger partial charge in [-0.1, -0.05) is 57.5 Å². The summed E-state index contributed by atoms with van der Waals surface area (Å²) in [6.45, 7) is 7.63. The van der Waals surface area contributed by atoms with Crippen molar-refractivity contribution in [3.8, 4) is 11.3 Å². The molecule has 4 rings (SSSR count). The summed E-state index contributed by atoms with van der Waals surface area (Å²) in [4.78, 5) is 54.3. The number of carboxylic acid groups (broad SMARTS) is 1. The van der Waals surface area contributed by atoms with Crippen LogP contribution in [0.4, 0.5) is 22.0 Å². The standard InChI is InChI=1S/C34H41F2N5O3.C2HF3O2/c1-34(2,3)32(41(20-10-18-37)29(42)13-8-5-9-19-40-30(43)16-17-31(40)44)33-38-28(26-21-25(35)14-15-27(26)36)23-39(33)22-24-11-6-4-7-12-24;3-2(4,5)1(6)7/h4,6-7,11-12,14-17,21,23,32H,5,8-10,13,18-20,22,37H2,1-3H3;(H,6,7)/t32-;/m0./s1. The Balaban J connectivity index is 0.000000908. The smallest absolute Gasteiger partial charge is 0.475 e. The van der Waals surface area contributed by atoms with Gasteiger partial charge in [0, 0.05) is 50.0 Å². The van der Waals surface area contributed by atoms with E-state index in [1.807, 2.05) is 60.6 Å². The second-order valence-electron chi connectivity index (χ2n) is 13.0. The number of carbonyl (C=O) groups is 4. The quantitative estimate of drug-likeness (QED) is 0.114. The molecule has 3 amide bonds. The number of unbranched alkanes of at least 4 members (excludes halogenated alkanes) is 2. The number of aliphatic carboxylic acids is 1. The number of hydrogen-bond donors (Lipinski definition) is 2. The van der Waals surface area contributed by atoms with Gasteiger partial charge in [0.15, 0.2) is 0 Å². The van der Waals surface area contributed by atoms with E-state index in [2.05, 4.69) is 0 Å². The number of hydrogen-bond acceptors (Lipinski definition) is 6. The van der Waals surface area contributed by atoms with E-state index in [0.29, 0.717) is 57.7 Å². The van der Waals surface area contributed by atoms with Gasteiger partial charge in [0.05, 0.1) is 11.7 Å². The molecule has 1 aromatic heterocycles. The molecule has 1 aliphatic rings. The van der Waals surface area contributed by atoms with Gasteiger partial charge >= 0.3 is 12.1 Å². The Morgan fingerprint density at radius 1 is 0.941 bits per heavy atom. The molecule has 2 aromatic carbocycles. The van der Waals surface area contributed by atoms with Crippen molar-refractivity contribution in [2.24, 2.45) is 11.1 Å². The van der Waals surface area contributed by atoms with Crippen LogP contribution in [0.1, 0.15) is 70.3 Å². The van der Waals surface area contributed by atoms with E-state index in [1.165, 1.54) is 17.1 Å². The first-order valence-corrected chi connectivity index (χ1v) is 16.3. The van der Waals surface area contributed by atoms with Crippen LogP contribution >= 0.6 is 0 Å². The lowest BCUT2D eigenvalue weighted by atomic mass is 9.84. The van der Waals surface area contributed by atoms with Crippen molar-refractivity contribution < 1.29 is 46.2 Å². The lowest BCUT2D eigenvalue weighted by molar-refractivity contribution is -0.192. The van der Waals surface area contributed by atoms with Crippen LogP contribution < -0.4 is 5.73 Å². The molecule has 2 heterocycles. The monoisotopic (exact) mass is 719 g/mol. The highest BCUT2D eigenvalue weighted by Crippen LogP contribution is 2.40. The molecule has 3 N–H and O–H groups in total. The number of nitrogens with two attached hydrogens (primary N) is 1. The number of carboxylic acids is 1. The van der Waals surface area contributed by atoms with E-state index in [4.69, 9.17) is 20.6 Å². The minimum Gasteiger partial charge on any atom is -0.475 e. The summed E-state index contributed by atoms with van der Waals surface area (Å²) in [7, 11) is 0.